The van der Waals surface area contributed by atoms with Crippen molar-refractivity contribution in [1.29, 1.82) is 0 Å². The zero-order chi connectivity index (χ0) is 14.7. The van der Waals surface area contributed by atoms with Gasteiger partial charge in [0, 0.05) is 0 Å². The first-order chi connectivity index (χ1) is 9.54. The molecule has 1 nitrogen and oxygen atoms in total. The van der Waals surface area contributed by atoms with E-state index in [1.165, 1.54) is 11.6 Å². The molecule has 2 unspecified atom stereocenters. The molecule has 2 N–H and O–H groups in total. The fourth-order valence-electron chi connectivity index (χ4n) is 2.21. The summed E-state index contributed by atoms with van der Waals surface area (Å²) in [7, 11) is 0. The Morgan fingerprint density at radius 1 is 1.10 bits per heavy atom. The molecule has 2 aromatic rings. The molecule has 0 heterocycles. The quantitative estimate of drug-likeness (QED) is 0.839. The molecule has 0 aliphatic heterocycles. The van der Waals surface area contributed by atoms with Crippen LogP contribution in [-0.2, 0) is 0 Å². The van der Waals surface area contributed by atoms with Gasteiger partial charge in [0.05, 0.1) is 11.1 Å². The molecule has 2 atom stereocenters. The molecule has 0 saturated heterocycles. The fraction of sp³-hybridized carbons (Fsp3) is 0.294. The lowest BCUT2D eigenvalue weighted by Crippen LogP contribution is -2.13. The van der Waals surface area contributed by atoms with E-state index in [1.54, 1.807) is 12.1 Å². The summed E-state index contributed by atoms with van der Waals surface area (Å²) in [5, 5.41) is 0.103. The largest absolute Gasteiger partial charge is 0.320 e. The minimum Gasteiger partial charge on any atom is -0.320 e. The van der Waals surface area contributed by atoms with Gasteiger partial charge in [0.1, 0.15) is 5.82 Å². The molecule has 2 rings (SSSR count). The van der Waals surface area contributed by atoms with Crippen LogP contribution in [0.4, 0.5) is 4.39 Å². The average Bonchev–Trinajstić information content (AvgIpc) is 2.48. The van der Waals surface area contributed by atoms with E-state index in [0.29, 0.717) is 11.5 Å². The summed E-state index contributed by atoms with van der Waals surface area (Å²) in [6.45, 7) is 4.36. The lowest BCUT2D eigenvalue weighted by Gasteiger charge is -2.16. The highest BCUT2D eigenvalue weighted by atomic mass is 35.5. The van der Waals surface area contributed by atoms with E-state index >= 15 is 0 Å². The zero-order valence-electron chi connectivity index (χ0n) is 11.7. The maximum absolute atomic E-state index is 13.5. The van der Waals surface area contributed by atoms with Gasteiger partial charge in [-0.3, -0.25) is 0 Å². The van der Waals surface area contributed by atoms with Crippen molar-refractivity contribution >= 4 is 11.6 Å². The lowest BCUT2D eigenvalue weighted by molar-refractivity contribution is 0.624. The summed E-state index contributed by atoms with van der Waals surface area (Å²) in [6.07, 6.45) is 1.10. The fourth-order valence-corrected chi connectivity index (χ4v) is 2.45. The first-order valence-corrected chi connectivity index (χ1v) is 7.21. The van der Waals surface area contributed by atoms with Gasteiger partial charge in [-0.15, -0.1) is 0 Å². The van der Waals surface area contributed by atoms with Crippen LogP contribution in [0.5, 0.6) is 0 Å². The molecule has 106 valence electrons. The highest BCUT2D eigenvalue weighted by molar-refractivity contribution is 6.31. The van der Waals surface area contributed by atoms with Crippen LogP contribution in [-0.4, -0.2) is 0 Å². The molecule has 0 saturated carbocycles. The first-order valence-electron chi connectivity index (χ1n) is 6.84. The summed E-state index contributed by atoms with van der Waals surface area (Å²) < 4.78 is 13.5. The minimum atomic E-state index is -0.434. The Labute approximate surface area is 124 Å². The van der Waals surface area contributed by atoms with Crippen LogP contribution in [0.25, 0.3) is 0 Å². The van der Waals surface area contributed by atoms with E-state index in [0.717, 1.165) is 12.0 Å². The van der Waals surface area contributed by atoms with Crippen LogP contribution in [0.15, 0.2) is 42.5 Å². The maximum Gasteiger partial charge on any atom is 0.142 e. The van der Waals surface area contributed by atoms with Crippen molar-refractivity contribution in [2.75, 3.05) is 0 Å². The highest BCUT2D eigenvalue weighted by Crippen LogP contribution is 2.29. The molecular weight excluding hydrogens is 273 g/mol. The topological polar surface area (TPSA) is 26.0 Å². The Morgan fingerprint density at radius 2 is 1.70 bits per heavy atom. The SMILES string of the molecule is CCC(C)c1ccc(C(N)c2cccc(F)c2Cl)cc1. The average molecular weight is 292 g/mol. The normalized spacial score (nSPS) is 14.1. The summed E-state index contributed by atoms with van der Waals surface area (Å²) in [5.41, 5.74) is 9.03. The predicted molar refractivity (Wildman–Crippen MR) is 82.6 cm³/mol. The molecule has 0 aromatic heterocycles. The third-order valence-corrected chi connectivity index (χ3v) is 4.19. The molecule has 0 bridgehead atoms. The maximum atomic E-state index is 13.5. The summed E-state index contributed by atoms with van der Waals surface area (Å²) in [5.74, 6) is 0.0916. The molecule has 3 heteroatoms. The van der Waals surface area contributed by atoms with Crippen molar-refractivity contribution in [1.82, 2.24) is 0 Å². The van der Waals surface area contributed by atoms with E-state index in [2.05, 4.69) is 26.0 Å². The Morgan fingerprint density at radius 3 is 2.30 bits per heavy atom. The van der Waals surface area contributed by atoms with Crippen molar-refractivity contribution in [3.8, 4) is 0 Å². The van der Waals surface area contributed by atoms with Gasteiger partial charge in [0.15, 0.2) is 0 Å². The molecule has 0 aliphatic carbocycles. The van der Waals surface area contributed by atoms with Crippen LogP contribution in [0.1, 0.15) is 48.9 Å². The second-order valence-corrected chi connectivity index (χ2v) is 5.47. The van der Waals surface area contributed by atoms with E-state index < -0.39 is 11.9 Å². The molecule has 0 aliphatic rings. The van der Waals surface area contributed by atoms with E-state index in [9.17, 15) is 4.39 Å². The third kappa shape index (κ3) is 3.02. The lowest BCUT2D eigenvalue weighted by atomic mass is 9.94. The predicted octanol–water partition coefficient (Wildman–Crippen LogP) is 5.04. The summed E-state index contributed by atoms with van der Waals surface area (Å²) in [6, 6.07) is 12.5. The second-order valence-electron chi connectivity index (χ2n) is 5.10. The standard InChI is InChI=1S/C17H19ClFN/c1-3-11(2)12-7-9-13(10-8-12)17(20)14-5-4-6-15(19)16(14)18/h4-11,17H,3,20H2,1-2H3. The number of hydrogen-bond acceptors (Lipinski definition) is 1. The van der Waals surface area contributed by atoms with E-state index in [-0.39, 0.29) is 5.02 Å². The van der Waals surface area contributed by atoms with Crippen LogP contribution in [0.3, 0.4) is 0 Å². The zero-order valence-corrected chi connectivity index (χ0v) is 12.5. The summed E-state index contributed by atoms with van der Waals surface area (Å²) >= 11 is 5.99. The Hall–Kier alpha value is -1.38. The molecule has 0 spiro atoms. The van der Waals surface area contributed by atoms with Crippen molar-refractivity contribution in [2.24, 2.45) is 5.73 Å². The summed E-state index contributed by atoms with van der Waals surface area (Å²) in [4.78, 5) is 0. The van der Waals surface area contributed by atoms with Crippen LogP contribution in [0.2, 0.25) is 5.02 Å². The molecule has 0 radical (unpaired) electrons. The van der Waals surface area contributed by atoms with Gasteiger partial charge in [-0.25, -0.2) is 4.39 Å². The van der Waals surface area contributed by atoms with Gasteiger partial charge < -0.3 is 5.73 Å². The number of rotatable bonds is 4. The Kier molecular flexibility index (Phi) is 4.79. The highest BCUT2D eigenvalue weighted by Gasteiger charge is 2.15. The van der Waals surface area contributed by atoms with Crippen molar-refractivity contribution < 1.29 is 4.39 Å². The van der Waals surface area contributed by atoms with Gasteiger partial charge in [0.2, 0.25) is 0 Å². The molecule has 0 amide bonds. The van der Waals surface area contributed by atoms with Crippen LogP contribution >= 0.6 is 11.6 Å². The van der Waals surface area contributed by atoms with Gasteiger partial charge >= 0.3 is 0 Å². The Balaban J connectivity index is 2.29. The third-order valence-electron chi connectivity index (χ3n) is 3.79. The molecule has 2 aromatic carbocycles. The van der Waals surface area contributed by atoms with E-state index in [1.807, 2.05) is 12.1 Å². The van der Waals surface area contributed by atoms with Gasteiger partial charge in [0.25, 0.3) is 0 Å². The number of hydrogen-bond donors (Lipinski definition) is 1. The number of nitrogens with two attached hydrogens (primary N) is 1. The van der Waals surface area contributed by atoms with Gasteiger partial charge in [-0.05, 0) is 35.1 Å². The monoisotopic (exact) mass is 291 g/mol. The first kappa shape index (κ1) is 15.0. The van der Waals surface area contributed by atoms with Crippen molar-refractivity contribution in [3.05, 3.63) is 70.0 Å². The second kappa shape index (κ2) is 6.38. The van der Waals surface area contributed by atoms with Crippen molar-refractivity contribution in [2.45, 2.75) is 32.2 Å². The van der Waals surface area contributed by atoms with Crippen LogP contribution in [0, 0.1) is 5.82 Å². The van der Waals surface area contributed by atoms with Gasteiger partial charge in [-0.1, -0.05) is 61.8 Å². The minimum absolute atomic E-state index is 0.103. The smallest absolute Gasteiger partial charge is 0.142 e. The molecule has 0 fully saturated rings. The number of benzene rings is 2. The van der Waals surface area contributed by atoms with Crippen molar-refractivity contribution in [3.63, 3.8) is 0 Å². The van der Waals surface area contributed by atoms with Gasteiger partial charge in [-0.2, -0.15) is 0 Å². The van der Waals surface area contributed by atoms with E-state index in [4.69, 9.17) is 17.3 Å². The molecule has 20 heavy (non-hydrogen) atoms. The Bertz CT molecular complexity index is 580. The molecular formula is C17H19ClFN. The number of halogens is 2. The van der Waals surface area contributed by atoms with Crippen LogP contribution < -0.4 is 5.73 Å².